The number of ketones is 1. The van der Waals surface area contributed by atoms with Gasteiger partial charge < -0.3 is 4.90 Å². The van der Waals surface area contributed by atoms with Gasteiger partial charge in [-0.1, -0.05) is 63.6 Å². The van der Waals surface area contributed by atoms with Crippen molar-refractivity contribution in [3.8, 4) is 0 Å². The summed E-state index contributed by atoms with van der Waals surface area (Å²) in [7, 11) is 0. The summed E-state index contributed by atoms with van der Waals surface area (Å²) >= 11 is 0. The summed E-state index contributed by atoms with van der Waals surface area (Å²) in [5, 5.41) is 0. The molecule has 124 valence electrons. The highest BCUT2D eigenvalue weighted by Gasteiger charge is 2.31. The molecule has 2 rings (SSSR count). The number of hydrogen-bond donors (Lipinski definition) is 0. The molecule has 0 spiro atoms. The van der Waals surface area contributed by atoms with Crippen molar-refractivity contribution in [3.05, 3.63) is 53.2 Å². The van der Waals surface area contributed by atoms with Crippen LogP contribution in [0.1, 0.15) is 45.2 Å². The predicted octanol–water partition coefficient (Wildman–Crippen LogP) is 4.85. The first kappa shape index (κ1) is 17.5. The average Bonchev–Trinajstić information content (AvgIpc) is 2.47. The topological polar surface area (TPSA) is 20.3 Å². The molecule has 0 bridgehead atoms. The van der Waals surface area contributed by atoms with Crippen molar-refractivity contribution >= 4 is 11.9 Å². The summed E-state index contributed by atoms with van der Waals surface area (Å²) in [6, 6.07) is 8.23. The second-order valence-electron chi connectivity index (χ2n) is 7.67. The molecule has 1 aromatic rings. The molecular weight excluding hydrogens is 282 g/mol. The van der Waals surface area contributed by atoms with E-state index in [1.54, 1.807) is 6.08 Å². The smallest absolute Gasteiger partial charge is 0.183 e. The summed E-state index contributed by atoms with van der Waals surface area (Å²) in [5.74, 6) is 0.732. The first-order valence-corrected chi connectivity index (χ1v) is 8.53. The van der Waals surface area contributed by atoms with Gasteiger partial charge in [0, 0.05) is 24.9 Å². The molecule has 0 atom stereocenters. The number of aryl methyl sites for hydroxylation is 1. The first-order valence-electron chi connectivity index (χ1n) is 8.53. The highest BCUT2D eigenvalue weighted by atomic mass is 16.1. The van der Waals surface area contributed by atoms with E-state index in [1.165, 1.54) is 5.56 Å². The van der Waals surface area contributed by atoms with E-state index < -0.39 is 0 Å². The second-order valence-corrected chi connectivity index (χ2v) is 7.67. The summed E-state index contributed by atoms with van der Waals surface area (Å²) in [4.78, 5) is 15.0. The minimum absolute atomic E-state index is 0.0534. The number of carbonyl (C=O) groups is 1. The Morgan fingerprint density at radius 2 is 1.91 bits per heavy atom. The first-order chi connectivity index (χ1) is 10.8. The largest absolute Gasteiger partial charge is 0.377 e. The fourth-order valence-corrected chi connectivity index (χ4v) is 2.93. The SMILES string of the molecule is Cc1ccc(/C=C/C(=O)C2=CN(CC(C)C)CCC2(C)C)cc1. The van der Waals surface area contributed by atoms with Crippen LogP contribution in [0.4, 0.5) is 0 Å². The summed E-state index contributed by atoms with van der Waals surface area (Å²) in [6.45, 7) is 12.9. The molecule has 0 N–H and O–H groups in total. The summed E-state index contributed by atoms with van der Waals surface area (Å²) in [6.07, 6.45) is 6.75. The Morgan fingerprint density at radius 3 is 2.52 bits per heavy atom. The van der Waals surface area contributed by atoms with Gasteiger partial charge in [-0.3, -0.25) is 4.79 Å². The van der Waals surface area contributed by atoms with Crippen LogP contribution in [0.3, 0.4) is 0 Å². The summed E-state index contributed by atoms with van der Waals surface area (Å²) in [5.41, 5.74) is 3.17. The third-order valence-corrected chi connectivity index (χ3v) is 4.43. The third kappa shape index (κ3) is 4.82. The minimum Gasteiger partial charge on any atom is -0.377 e. The fourth-order valence-electron chi connectivity index (χ4n) is 2.93. The molecule has 1 aliphatic rings. The van der Waals surface area contributed by atoms with Crippen molar-refractivity contribution in [2.75, 3.05) is 13.1 Å². The van der Waals surface area contributed by atoms with Gasteiger partial charge in [0.1, 0.15) is 0 Å². The van der Waals surface area contributed by atoms with Crippen molar-refractivity contribution in [1.29, 1.82) is 0 Å². The van der Waals surface area contributed by atoms with Crippen molar-refractivity contribution in [1.82, 2.24) is 4.90 Å². The van der Waals surface area contributed by atoms with Crippen molar-refractivity contribution in [3.63, 3.8) is 0 Å². The minimum atomic E-state index is -0.0534. The van der Waals surface area contributed by atoms with Gasteiger partial charge in [-0.25, -0.2) is 0 Å². The molecule has 1 aliphatic heterocycles. The molecule has 0 aliphatic carbocycles. The zero-order valence-corrected chi connectivity index (χ0v) is 15.1. The monoisotopic (exact) mass is 311 g/mol. The predicted molar refractivity (Wildman–Crippen MR) is 98.1 cm³/mol. The van der Waals surface area contributed by atoms with Crippen LogP contribution in [-0.4, -0.2) is 23.8 Å². The molecule has 0 aromatic heterocycles. The molecule has 0 amide bonds. The van der Waals surface area contributed by atoms with Crippen LogP contribution in [0, 0.1) is 18.3 Å². The number of allylic oxidation sites excluding steroid dienone is 2. The lowest BCUT2D eigenvalue weighted by molar-refractivity contribution is -0.112. The molecular formula is C21H29NO. The van der Waals surface area contributed by atoms with E-state index in [0.29, 0.717) is 5.92 Å². The lowest BCUT2D eigenvalue weighted by Crippen LogP contribution is -2.36. The number of rotatable bonds is 5. The van der Waals surface area contributed by atoms with Crippen molar-refractivity contribution in [2.24, 2.45) is 11.3 Å². The van der Waals surface area contributed by atoms with E-state index in [4.69, 9.17) is 0 Å². The molecule has 0 unspecified atom stereocenters. The van der Waals surface area contributed by atoms with Crippen molar-refractivity contribution < 1.29 is 4.79 Å². The van der Waals surface area contributed by atoms with Crippen LogP contribution in [0.25, 0.3) is 6.08 Å². The van der Waals surface area contributed by atoms with Gasteiger partial charge in [0.15, 0.2) is 5.78 Å². The second kappa shape index (κ2) is 7.16. The maximum absolute atomic E-state index is 12.7. The van der Waals surface area contributed by atoms with Crippen molar-refractivity contribution in [2.45, 2.75) is 41.0 Å². The van der Waals surface area contributed by atoms with Gasteiger partial charge in [-0.2, -0.15) is 0 Å². The van der Waals surface area contributed by atoms with Gasteiger partial charge in [0.2, 0.25) is 0 Å². The molecule has 1 aromatic carbocycles. The standard InChI is InChI=1S/C21H29NO/c1-16(2)14-22-13-12-21(4,5)19(15-22)20(23)11-10-18-8-6-17(3)7-9-18/h6-11,15-16H,12-14H2,1-5H3/b11-10+. The van der Waals surface area contributed by atoms with Gasteiger partial charge in [-0.05, 0) is 36.3 Å². The van der Waals surface area contributed by atoms with Crippen LogP contribution >= 0.6 is 0 Å². The number of hydrogen-bond acceptors (Lipinski definition) is 2. The Hall–Kier alpha value is -1.83. The highest BCUT2D eigenvalue weighted by molar-refractivity contribution is 6.07. The molecule has 1 heterocycles. The van der Waals surface area contributed by atoms with Gasteiger partial charge >= 0.3 is 0 Å². The quantitative estimate of drug-likeness (QED) is 0.725. The summed E-state index contributed by atoms with van der Waals surface area (Å²) < 4.78 is 0. The molecule has 0 fully saturated rings. The Balaban J connectivity index is 2.17. The Kier molecular flexibility index (Phi) is 5.46. The number of benzene rings is 1. The van der Waals surface area contributed by atoms with E-state index >= 15 is 0 Å². The maximum atomic E-state index is 12.7. The van der Waals surface area contributed by atoms with Crippen LogP contribution in [0.2, 0.25) is 0 Å². The van der Waals surface area contributed by atoms with E-state index in [0.717, 1.165) is 30.6 Å². The highest BCUT2D eigenvalue weighted by Crippen LogP contribution is 2.35. The van der Waals surface area contributed by atoms with E-state index in [-0.39, 0.29) is 11.2 Å². The van der Waals surface area contributed by atoms with E-state index in [1.807, 2.05) is 18.2 Å². The third-order valence-electron chi connectivity index (χ3n) is 4.43. The van der Waals surface area contributed by atoms with Crippen LogP contribution in [0.5, 0.6) is 0 Å². The molecule has 23 heavy (non-hydrogen) atoms. The maximum Gasteiger partial charge on any atom is 0.183 e. The Bertz CT molecular complexity index is 605. The fraction of sp³-hybridized carbons (Fsp3) is 0.476. The van der Waals surface area contributed by atoms with Crippen LogP contribution in [-0.2, 0) is 4.79 Å². The van der Waals surface area contributed by atoms with E-state index in [2.05, 4.69) is 57.9 Å². The number of nitrogens with zero attached hydrogens (tertiary/aromatic N) is 1. The lowest BCUT2D eigenvalue weighted by Gasteiger charge is -2.37. The molecule has 0 radical (unpaired) electrons. The lowest BCUT2D eigenvalue weighted by atomic mass is 9.77. The zero-order valence-electron chi connectivity index (χ0n) is 15.1. The van der Waals surface area contributed by atoms with Gasteiger partial charge in [-0.15, -0.1) is 0 Å². The van der Waals surface area contributed by atoms with Gasteiger partial charge in [0.05, 0.1) is 0 Å². The molecule has 0 saturated carbocycles. The molecule has 2 nitrogen and oxygen atoms in total. The van der Waals surface area contributed by atoms with Crippen LogP contribution < -0.4 is 0 Å². The zero-order chi connectivity index (χ0) is 17.0. The molecule has 2 heteroatoms. The Morgan fingerprint density at radius 1 is 1.26 bits per heavy atom. The molecule has 0 saturated heterocycles. The Labute approximate surface area is 140 Å². The number of carbonyl (C=O) groups excluding carboxylic acids is 1. The van der Waals surface area contributed by atoms with Gasteiger partial charge in [0.25, 0.3) is 0 Å². The van der Waals surface area contributed by atoms with E-state index in [9.17, 15) is 4.79 Å². The normalized spacial score (nSPS) is 17.7. The van der Waals surface area contributed by atoms with Crippen LogP contribution in [0.15, 0.2) is 42.1 Å². The average molecular weight is 311 g/mol.